The summed E-state index contributed by atoms with van der Waals surface area (Å²) in [5, 5.41) is 2.06. The molecule has 4 heteroatoms. The SMILES string of the molecule is CCc1ccsc1C(Cc1ccccc1F)NN. The Kier molecular flexibility index (Phi) is 4.47. The van der Waals surface area contributed by atoms with E-state index in [4.69, 9.17) is 5.84 Å². The summed E-state index contributed by atoms with van der Waals surface area (Å²) in [5.41, 5.74) is 4.77. The zero-order valence-electron chi connectivity index (χ0n) is 10.3. The highest BCUT2D eigenvalue weighted by Gasteiger charge is 2.16. The normalized spacial score (nSPS) is 12.6. The summed E-state index contributed by atoms with van der Waals surface area (Å²) in [6.45, 7) is 2.11. The molecule has 0 saturated heterocycles. The smallest absolute Gasteiger partial charge is 0.126 e. The quantitative estimate of drug-likeness (QED) is 0.643. The summed E-state index contributed by atoms with van der Waals surface area (Å²) in [4.78, 5) is 1.20. The Morgan fingerprint density at radius 3 is 2.72 bits per heavy atom. The molecule has 0 fully saturated rings. The van der Waals surface area contributed by atoms with Crippen LogP contribution in [0.15, 0.2) is 35.7 Å². The van der Waals surface area contributed by atoms with Gasteiger partial charge in [0.05, 0.1) is 6.04 Å². The number of hydrazine groups is 1. The maximum atomic E-state index is 13.6. The van der Waals surface area contributed by atoms with Gasteiger partial charge in [0, 0.05) is 4.88 Å². The van der Waals surface area contributed by atoms with Gasteiger partial charge in [-0.1, -0.05) is 25.1 Å². The Morgan fingerprint density at radius 1 is 1.28 bits per heavy atom. The van der Waals surface area contributed by atoms with Crippen molar-refractivity contribution < 1.29 is 4.39 Å². The van der Waals surface area contributed by atoms with E-state index in [2.05, 4.69) is 23.8 Å². The fourth-order valence-corrected chi connectivity index (χ4v) is 3.11. The minimum absolute atomic E-state index is 0.0307. The summed E-state index contributed by atoms with van der Waals surface area (Å²) in [6.07, 6.45) is 1.53. The van der Waals surface area contributed by atoms with Crippen LogP contribution in [0.3, 0.4) is 0 Å². The lowest BCUT2D eigenvalue weighted by atomic mass is 10.0. The summed E-state index contributed by atoms with van der Waals surface area (Å²) in [5.74, 6) is 5.45. The van der Waals surface area contributed by atoms with E-state index in [1.165, 1.54) is 16.5 Å². The monoisotopic (exact) mass is 264 g/mol. The van der Waals surface area contributed by atoms with E-state index in [-0.39, 0.29) is 11.9 Å². The number of hydrogen-bond acceptors (Lipinski definition) is 3. The van der Waals surface area contributed by atoms with Crippen LogP contribution < -0.4 is 11.3 Å². The molecule has 0 amide bonds. The number of aryl methyl sites for hydroxylation is 1. The van der Waals surface area contributed by atoms with Gasteiger partial charge in [0.1, 0.15) is 5.82 Å². The lowest BCUT2D eigenvalue weighted by molar-refractivity contribution is 0.533. The van der Waals surface area contributed by atoms with Crippen LogP contribution in [0, 0.1) is 5.82 Å². The summed E-state index contributed by atoms with van der Waals surface area (Å²) >= 11 is 1.67. The van der Waals surface area contributed by atoms with Crippen LogP contribution >= 0.6 is 11.3 Å². The number of nitrogens with two attached hydrogens (primary N) is 1. The van der Waals surface area contributed by atoms with Crippen LogP contribution in [0.2, 0.25) is 0 Å². The number of halogens is 1. The predicted molar refractivity (Wildman–Crippen MR) is 73.9 cm³/mol. The molecule has 3 N–H and O–H groups in total. The molecular weight excluding hydrogens is 247 g/mol. The van der Waals surface area contributed by atoms with Gasteiger partial charge in [-0.05, 0) is 41.5 Å². The van der Waals surface area contributed by atoms with E-state index in [1.807, 2.05) is 6.07 Å². The molecule has 0 spiro atoms. The molecule has 1 unspecified atom stereocenters. The molecule has 1 aromatic heterocycles. The molecular formula is C14H17FN2S. The molecule has 0 aliphatic rings. The first-order valence-electron chi connectivity index (χ1n) is 6.02. The number of nitrogens with one attached hydrogen (secondary N) is 1. The van der Waals surface area contributed by atoms with Crippen molar-refractivity contribution in [3.63, 3.8) is 0 Å². The first-order chi connectivity index (χ1) is 8.76. The second-order valence-corrected chi connectivity index (χ2v) is 5.13. The molecule has 1 aromatic carbocycles. The van der Waals surface area contributed by atoms with Crippen LogP contribution in [0.4, 0.5) is 4.39 Å². The molecule has 2 nitrogen and oxygen atoms in total. The molecule has 0 radical (unpaired) electrons. The highest BCUT2D eigenvalue weighted by atomic mass is 32.1. The van der Waals surface area contributed by atoms with Gasteiger partial charge in [-0.15, -0.1) is 11.3 Å². The highest BCUT2D eigenvalue weighted by Crippen LogP contribution is 2.27. The third kappa shape index (κ3) is 2.77. The largest absolute Gasteiger partial charge is 0.271 e. The van der Waals surface area contributed by atoms with E-state index in [1.54, 1.807) is 23.5 Å². The van der Waals surface area contributed by atoms with Crippen molar-refractivity contribution in [1.82, 2.24) is 5.43 Å². The molecule has 2 aromatic rings. The van der Waals surface area contributed by atoms with E-state index >= 15 is 0 Å². The van der Waals surface area contributed by atoms with Crippen LogP contribution in [-0.2, 0) is 12.8 Å². The van der Waals surface area contributed by atoms with Crippen LogP contribution in [0.25, 0.3) is 0 Å². The van der Waals surface area contributed by atoms with Crippen molar-refractivity contribution >= 4 is 11.3 Å². The van der Waals surface area contributed by atoms with Crippen molar-refractivity contribution in [2.45, 2.75) is 25.8 Å². The van der Waals surface area contributed by atoms with Crippen LogP contribution in [0.1, 0.15) is 29.0 Å². The second-order valence-electron chi connectivity index (χ2n) is 4.18. The molecule has 0 aliphatic heterocycles. The van der Waals surface area contributed by atoms with Crippen molar-refractivity contribution in [3.8, 4) is 0 Å². The van der Waals surface area contributed by atoms with Gasteiger partial charge in [0.25, 0.3) is 0 Å². The molecule has 96 valence electrons. The summed E-state index contributed by atoms with van der Waals surface area (Å²) in [7, 11) is 0. The average Bonchev–Trinajstić information content (AvgIpc) is 2.86. The maximum Gasteiger partial charge on any atom is 0.126 e. The van der Waals surface area contributed by atoms with E-state index < -0.39 is 0 Å². The lowest BCUT2D eigenvalue weighted by Gasteiger charge is -2.16. The van der Waals surface area contributed by atoms with Crippen molar-refractivity contribution in [2.75, 3.05) is 0 Å². The van der Waals surface area contributed by atoms with Crippen LogP contribution in [-0.4, -0.2) is 0 Å². The molecule has 1 atom stereocenters. The third-order valence-corrected chi connectivity index (χ3v) is 4.13. The predicted octanol–water partition coefficient (Wildman–Crippen LogP) is 3.20. The fraction of sp³-hybridized carbons (Fsp3) is 0.286. The van der Waals surface area contributed by atoms with Crippen molar-refractivity contribution in [1.29, 1.82) is 0 Å². The third-order valence-electron chi connectivity index (χ3n) is 3.06. The average molecular weight is 264 g/mol. The Balaban J connectivity index is 2.23. The molecule has 0 saturated carbocycles. The lowest BCUT2D eigenvalue weighted by Crippen LogP contribution is -2.29. The summed E-state index contributed by atoms with van der Waals surface area (Å²) in [6, 6.07) is 8.91. The van der Waals surface area contributed by atoms with Gasteiger partial charge >= 0.3 is 0 Å². The Bertz CT molecular complexity index is 510. The van der Waals surface area contributed by atoms with Crippen molar-refractivity contribution in [3.05, 3.63) is 57.5 Å². The molecule has 0 bridgehead atoms. The van der Waals surface area contributed by atoms with Gasteiger partial charge < -0.3 is 0 Å². The Morgan fingerprint density at radius 2 is 2.06 bits per heavy atom. The topological polar surface area (TPSA) is 38.0 Å². The first-order valence-corrected chi connectivity index (χ1v) is 6.90. The van der Waals surface area contributed by atoms with Gasteiger partial charge in [-0.25, -0.2) is 4.39 Å². The van der Waals surface area contributed by atoms with Crippen molar-refractivity contribution in [2.24, 2.45) is 5.84 Å². The van der Waals surface area contributed by atoms with E-state index in [9.17, 15) is 4.39 Å². The molecule has 0 aliphatic carbocycles. The molecule has 1 heterocycles. The highest BCUT2D eigenvalue weighted by molar-refractivity contribution is 7.10. The molecule has 18 heavy (non-hydrogen) atoms. The van der Waals surface area contributed by atoms with Gasteiger partial charge in [0.15, 0.2) is 0 Å². The standard InChI is InChI=1S/C14H17FN2S/c1-2-10-7-8-18-14(10)13(17-16)9-11-5-3-4-6-12(11)15/h3-8,13,17H,2,9,16H2,1H3. The number of benzene rings is 1. The maximum absolute atomic E-state index is 13.6. The van der Waals surface area contributed by atoms with Gasteiger partial charge in [-0.2, -0.15) is 0 Å². The summed E-state index contributed by atoms with van der Waals surface area (Å²) < 4.78 is 13.6. The molecule has 2 rings (SSSR count). The minimum Gasteiger partial charge on any atom is -0.271 e. The minimum atomic E-state index is -0.174. The number of rotatable bonds is 5. The first kappa shape index (κ1) is 13.2. The Hall–Kier alpha value is -1.23. The van der Waals surface area contributed by atoms with E-state index in [0.717, 1.165) is 6.42 Å². The van der Waals surface area contributed by atoms with Gasteiger partial charge in [-0.3, -0.25) is 11.3 Å². The fourth-order valence-electron chi connectivity index (χ4n) is 2.06. The van der Waals surface area contributed by atoms with Crippen LogP contribution in [0.5, 0.6) is 0 Å². The second kappa shape index (κ2) is 6.09. The zero-order chi connectivity index (χ0) is 13.0. The zero-order valence-corrected chi connectivity index (χ0v) is 11.1. The number of hydrogen-bond donors (Lipinski definition) is 2. The van der Waals surface area contributed by atoms with E-state index in [0.29, 0.717) is 12.0 Å². The Labute approximate surface area is 111 Å². The van der Waals surface area contributed by atoms with Gasteiger partial charge in [0.2, 0.25) is 0 Å². The number of thiophene rings is 1.